The topological polar surface area (TPSA) is 91.5 Å². The van der Waals surface area contributed by atoms with Gasteiger partial charge in [0.25, 0.3) is 0 Å². The monoisotopic (exact) mass is 560 g/mol. The number of likely N-dealkylation sites (N-methyl/N-ethyl adjacent to an activating group) is 1. The summed E-state index contributed by atoms with van der Waals surface area (Å²) in [4.78, 5) is 26.1. The van der Waals surface area contributed by atoms with Gasteiger partial charge in [-0.3, -0.25) is 10.1 Å². The average molecular weight is 561 g/mol. The molecular formula is C31H46F2N4O3. The number of halogens is 2. The van der Waals surface area contributed by atoms with Crippen LogP contribution in [0.25, 0.3) is 0 Å². The van der Waals surface area contributed by atoms with Crippen molar-refractivity contribution in [1.29, 1.82) is 0 Å². The largest absolute Gasteiger partial charge is 0.444 e. The van der Waals surface area contributed by atoms with Crippen molar-refractivity contribution in [3.63, 3.8) is 0 Å². The number of hydrogen-bond donors (Lipinski definition) is 4. The van der Waals surface area contributed by atoms with E-state index < -0.39 is 40.9 Å². The number of hydrogen-bond acceptors (Lipinski definition) is 5. The van der Waals surface area contributed by atoms with Gasteiger partial charge in [0.1, 0.15) is 23.3 Å². The Hall–Kier alpha value is -3.04. The number of ether oxygens (including phenoxy) is 1. The van der Waals surface area contributed by atoms with Crippen molar-refractivity contribution in [1.82, 2.24) is 21.3 Å². The lowest BCUT2D eigenvalue weighted by atomic mass is 9.94. The predicted octanol–water partition coefficient (Wildman–Crippen LogP) is 5.37. The van der Waals surface area contributed by atoms with E-state index in [2.05, 4.69) is 46.4 Å². The van der Waals surface area contributed by atoms with E-state index in [1.807, 2.05) is 13.0 Å². The molecule has 0 heterocycles. The molecule has 222 valence electrons. The van der Waals surface area contributed by atoms with Gasteiger partial charge in [0, 0.05) is 19.0 Å². The maximum atomic E-state index is 14.1. The molecule has 7 nitrogen and oxygen atoms in total. The molecule has 0 spiro atoms. The fourth-order valence-corrected chi connectivity index (χ4v) is 4.48. The zero-order valence-corrected chi connectivity index (χ0v) is 24.8. The van der Waals surface area contributed by atoms with Crippen LogP contribution < -0.4 is 21.3 Å². The first-order valence-corrected chi connectivity index (χ1v) is 14.1. The van der Waals surface area contributed by atoms with Crippen LogP contribution >= 0.6 is 0 Å². The summed E-state index contributed by atoms with van der Waals surface area (Å²) in [6.07, 6.45) is 2.78. The minimum Gasteiger partial charge on any atom is -0.444 e. The van der Waals surface area contributed by atoms with Crippen molar-refractivity contribution < 1.29 is 23.1 Å². The first-order chi connectivity index (χ1) is 18.9. The number of alkyl carbamates (subject to hydrolysis) is 1. The summed E-state index contributed by atoms with van der Waals surface area (Å²) < 4.78 is 33.5. The highest BCUT2D eigenvalue weighted by Gasteiger charge is 2.34. The minimum absolute atomic E-state index is 0.129. The highest BCUT2D eigenvalue weighted by Crippen LogP contribution is 2.19. The Balaban J connectivity index is 2.24. The Morgan fingerprint density at radius 1 is 0.975 bits per heavy atom. The first kappa shape index (κ1) is 33.2. The van der Waals surface area contributed by atoms with Crippen LogP contribution in [-0.2, 0) is 28.9 Å². The van der Waals surface area contributed by atoms with Crippen LogP contribution in [0.4, 0.5) is 13.6 Å². The van der Waals surface area contributed by atoms with Gasteiger partial charge in [-0.25, -0.2) is 13.6 Å². The molecule has 2 aromatic carbocycles. The number of amides is 2. The van der Waals surface area contributed by atoms with E-state index in [4.69, 9.17) is 4.74 Å². The number of rotatable bonds is 15. The Labute approximate surface area is 237 Å². The van der Waals surface area contributed by atoms with Crippen LogP contribution in [0.3, 0.4) is 0 Å². The summed E-state index contributed by atoms with van der Waals surface area (Å²) in [7, 11) is 1.70. The molecule has 2 amide bonds. The number of aryl methyl sites for hydroxylation is 1. The molecule has 2 aromatic rings. The predicted molar refractivity (Wildman–Crippen MR) is 155 cm³/mol. The van der Waals surface area contributed by atoms with E-state index in [0.717, 1.165) is 24.5 Å². The van der Waals surface area contributed by atoms with E-state index in [1.54, 1.807) is 27.8 Å². The lowest BCUT2D eigenvalue weighted by molar-refractivity contribution is -0.125. The van der Waals surface area contributed by atoms with Gasteiger partial charge in [0.15, 0.2) is 0 Å². The molecule has 0 unspecified atom stereocenters. The number of carbonyl (C=O) groups excluding carboxylic acids is 2. The lowest BCUT2D eigenvalue weighted by Gasteiger charge is -2.37. The van der Waals surface area contributed by atoms with Crippen LogP contribution in [0.1, 0.15) is 77.0 Å². The first-order valence-electron chi connectivity index (χ1n) is 14.1. The second-order valence-corrected chi connectivity index (χ2v) is 11.2. The second-order valence-electron chi connectivity index (χ2n) is 11.2. The Bertz CT molecular complexity index is 1090. The van der Waals surface area contributed by atoms with Gasteiger partial charge in [-0.15, -0.1) is 0 Å². The zero-order valence-electron chi connectivity index (χ0n) is 24.8. The third-order valence-electron chi connectivity index (χ3n) is 6.58. The number of benzene rings is 2. The van der Waals surface area contributed by atoms with Crippen LogP contribution in [0.5, 0.6) is 0 Å². The van der Waals surface area contributed by atoms with Crippen molar-refractivity contribution in [2.24, 2.45) is 0 Å². The highest BCUT2D eigenvalue weighted by molar-refractivity contribution is 5.86. The van der Waals surface area contributed by atoms with E-state index in [0.29, 0.717) is 37.9 Å². The van der Waals surface area contributed by atoms with E-state index in [1.165, 1.54) is 17.7 Å². The summed E-state index contributed by atoms with van der Waals surface area (Å²) in [5, 5.41) is 12.4. The molecular weight excluding hydrogens is 514 g/mol. The molecule has 2 atom stereocenters. The van der Waals surface area contributed by atoms with E-state index in [9.17, 15) is 18.4 Å². The van der Waals surface area contributed by atoms with Crippen molar-refractivity contribution >= 4 is 12.0 Å². The molecule has 9 heteroatoms. The summed E-state index contributed by atoms with van der Waals surface area (Å²) in [6, 6.07) is 10.8. The smallest absolute Gasteiger partial charge is 0.408 e. The average Bonchev–Trinajstić information content (AvgIpc) is 2.87. The van der Waals surface area contributed by atoms with Gasteiger partial charge in [-0.2, -0.15) is 0 Å². The van der Waals surface area contributed by atoms with Gasteiger partial charge in [-0.1, -0.05) is 51.0 Å². The van der Waals surface area contributed by atoms with Crippen molar-refractivity contribution in [3.05, 3.63) is 70.8 Å². The molecule has 0 aliphatic heterocycles. The Morgan fingerprint density at radius 3 is 2.25 bits per heavy atom. The van der Waals surface area contributed by atoms with Crippen LogP contribution in [0, 0.1) is 11.6 Å². The number of nitrogens with one attached hydrogen (secondary N) is 4. The minimum atomic E-state index is -1.05. The molecule has 0 fully saturated rings. The molecule has 0 saturated heterocycles. The normalized spacial score (nSPS) is 13.8. The SMILES string of the molecule is CCCC[C@@H](NC(=O)OC(C)(C)C)C(=O)N[C@](CCNCc1cccc(CC)c1)(Cc1cc(F)cc(F)c1)NC. The molecule has 0 saturated carbocycles. The van der Waals surface area contributed by atoms with Crippen LogP contribution in [-0.4, -0.2) is 42.9 Å². The van der Waals surface area contributed by atoms with Crippen LogP contribution in [0.15, 0.2) is 42.5 Å². The van der Waals surface area contributed by atoms with Gasteiger partial charge in [0.05, 0.1) is 5.66 Å². The lowest BCUT2D eigenvalue weighted by Crippen LogP contribution is -2.63. The van der Waals surface area contributed by atoms with Crippen molar-refractivity contribution in [2.45, 2.75) is 97.0 Å². The summed E-state index contributed by atoms with van der Waals surface area (Å²) >= 11 is 0. The van der Waals surface area contributed by atoms with Crippen LogP contribution in [0.2, 0.25) is 0 Å². The molecule has 0 aliphatic rings. The van der Waals surface area contributed by atoms with Gasteiger partial charge < -0.3 is 20.7 Å². The van der Waals surface area contributed by atoms with E-state index >= 15 is 0 Å². The third kappa shape index (κ3) is 11.6. The molecule has 2 rings (SSSR count). The maximum Gasteiger partial charge on any atom is 0.408 e. The second kappa shape index (κ2) is 15.7. The molecule has 0 bridgehead atoms. The van der Waals surface area contributed by atoms with E-state index in [-0.39, 0.29) is 6.42 Å². The third-order valence-corrected chi connectivity index (χ3v) is 6.58. The van der Waals surface area contributed by atoms with Gasteiger partial charge >= 0.3 is 6.09 Å². The molecule has 0 radical (unpaired) electrons. The van der Waals surface area contributed by atoms with Gasteiger partial charge in [0.2, 0.25) is 5.91 Å². The molecule has 4 N–H and O–H groups in total. The quantitative estimate of drug-likeness (QED) is 0.174. The standard InChI is InChI=1S/C31H46F2N4O3/c1-7-9-13-27(36-29(39)40-30(3,4)5)28(38)37-31(34-6,20-24-17-25(32)19-26(33)18-24)14-15-35-21-23-12-10-11-22(8-2)16-23/h10-12,16-19,27,34-35H,7-9,13-15,20-21H2,1-6H3,(H,36,39)(H,37,38)/t27-,31-/m1/s1. The Morgan fingerprint density at radius 2 is 1.65 bits per heavy atom. The van der Waals surface area contributed by atoms with Gasteiger partial charge in [-0.05, 0) is 82.4 Å². The summed E-state index contributed by atoms with van der Waals surface area (Å²) in [5.74, 6) is -1.78. The fourth-order valence-electron chi connectivity index (χ4n) is 4.48. The Kier molecular flexibility index (Phi) is 13.0. The molecule has 40 heavy (non-hydrogen) atoms. The number of carbonyl (C=O) groups is 2. The molecule has 0 aromatic heterocycles. The fraction of sp³-hybridized carbons (Fsp3) is 0.548. The summed E-state index contributed by atoms with van der Waals surface area (Å²) in [5.41, 5.74) is 1.03. The maximum absolute atomic E-state index is 14.1. The molecule has 0 aliphatic carbocycles. The number of unbranched alkanes of at least 4 members (excludes halogenated alkanes) is 1. The summed E-state index contributed by atoms with van der Waals surface area (Å²) in [6.45, 7) is 10.5. The van der Waals surface area contributed by atoms with Crippen molar-refractivity contribution in [2.75, 3.05) is 13.6 Å². The zero-order chi connectivity index (χ0) is 29.8. The highest BCUT2D eigenvalue weighted by atomic mass is 19.1. The van der Waals surface area contributed by atoms with Crippen molar-refractivity contribution in [3.8, 4) is 0 Å².